The summed E-state index contributed by atoms with van der Waals surface area (Å²) in [5, 5.41) is 3.79. The number of nitrogens with one attached hydrogen (secondary N) is 1. The summed E-state index contributed by atoms with van der Waals surface area (Å²) in [7, 11) is 1.94. The average Bonchev–Trinajstić information content (AvgIpc) is 2.74. The summed E-state index contributed by atoms with van der Waals surface area (Å²) < 4.78 is 5.15. The van der Waals surface area contributed by atoms with E-state index in [0.29, 0.717) is 5.22 Å². The van der Waals surface area contributed by atoms with E-state index in [1.54, 1.807) is 12.5 Å². The first-order chi connectivity index (χ1) is 7.38. The van der Waals surface area contributed by atoms with Crippen LogP contribution >= 0.6 is 11.8 Å². The van der Waals surface area contributed by atoms with Crippen LogP contribution < -0.4 is 5.32 Å². The molecule has 2 rings (SSSR count). The Morgan fingerprint density at radius 1 is 1.33 bits per heavy atom. The topological polar surface area (TPSA) is 38.1 Å². The molecule has 0 fully saturated rings. The molecule has 0 radical (unpaired) electrons. The number of benzene rings is 1. The highest BCUT2D eigenvalue weighted by Crippen LogP contribution is 2.25. The molecule has 0 aliphatic heterocycles. The van der Waals surface area contributed by atoms with Crippen molar-refractivity contribution in [1.82, 2.24) is 10.3 Å². The van der Waals surface area contributed by atoms with Crippen molar-refractivity contribution in [2.45, 2.75) is 16.7 Å². The zero-order valence-electron chi connectivity index (χ0n) is 8.43. The van der Waals surface area contributed by atoms with E-state index < -0.39 is 0 Å². The lowest BCUT2D eigenvalue weighted by atomic mass is 10.2. The van der Waals surface area contributed by atoms with Crippen LogP contribution in [0, 0.1) is 0 Å². The standard InChI is InChI=1S/C11H12N2OS/c1-12-8-9-2-4-10(5-3-9)15-11-13-6-7-14-11/h2-7,12H,8H2,1H3. The first kappa shape index (κ1) is 10.3. The minimum Gasteiger partial charge on any atom is -0.440 e. The molecule has 1 heterocycles. The molecule has 0 bridgehead atoms. The largest absolute Gasteiger partial charge is 0.440 e. The molecule has 0 aliphatic rings. The number of nitrogens with zero attached hydrogens (tertiary/aromatic N) is 1. The molecule has 0 atom stereocenters. The Labute approximate surface area is 92.9 Å². The number of oxazole rings is 1. The second kappa shape index (κ2) is 5.00. The van der Waals surface area contributed by atoms with Crippen molar-refractivity contribution < 1.29 is 4.42 Å². The van der Waals surface area contributed by atoms with Gasteiger partial charge in [-0.2, -0.15) is 0 Å². The zero-order chi connectivity index (χ0) is 10.5. The number of hydrogen-bond donors (Lipinski definition) is 1. The van der Waals surface area contributed by atoms with Crippen LogP contribution in [-0.4, -0.2) is 12.0 Å². The van der Waals surface area contributed by atoms with Crippen molar-refractivity contribution in [2.75, 3.05) is 7.05 Å². The van der Waals surface area contributed by atoms with Crippen molar-refractivity contribution >= 4 is 11.8 Å². The molecular formula is C11H12N2OS. The molecule has 0 spiro atoms. The Morgan fingerprint density at radius 3 is 2.73 bits per heavy atom. The molecule has 0 amide bonds. The molecule has 1 N–H and O–H groups in total. The van der Waals surface area contributed by atoms with Crippen LogP contribution in [0.2, 0.25) is 0 Å². The second-order valence-corrected chi connectivity index (χ2v) is 4.10. The summed E-state index contributed by atoms with van der Waals surface area (Å²) in [5.41, 5.74) is 1.27. The van der Waals surface area contributed by atoms with Crippen molar-refractivity contribution in [3.05, 3.63) is 42.3 Å². The number of aromatic nitrogens is 1. The summed E-state index contributed by atoms with van der Waals surface area (Å²) in [4.78, 5) is 5.19. The molecular weight excluding hydrogens is 208 g/mol. The van der Waals surface area contributed by atoms with Crippen LogP contribution in [-0.2, 0) is 6.54 Å². The first-order valence-corrected chi connectivity index (χ1v) is 5.51. The van der Waals surface area contributed by atoms with Crippen LogP contribution in [0.25, 0.3) is 0 Å². The normalized spacial score (nSPS) is 10.5. The molecule has 4 heteroatoms. The Bertz CT molecular complexity index is 397. The molecule has 0 saturated heterocycles. The third-order valence-corrected chi connectivity index (χ3v) is 2.80. The zero-order valence-corrected chi connectivity index (χ0v) is 9.25. The number of rotatable bonds is 4. The highest BCUT2D eigenvalue weighted by molar-refractivity contribution is 7.99. The van der Waals surface area contributed by atoms with Gasteiger partial charge in [0.05, 0.1) is 6.20 Å². The van der Waals surface area contributed by atoms with Gasteiger partial charge in [0.1, 0.15) is 6.26 Å². The van der Waals surface area contributed by atoms with Crippen molar-refractivity contribution in [3.8, 4) is 0 Å². The van der Waals surface area contributed by atoms with Gasteiger partial charge < -0.3 is 9.73 Å². The van der Waals surface area contributed by atoms with E-state index in [0.717, 1.165) is 11.4 Å². The Morgan fingerprint density at radius 2 is 2.13 bits per heavy atom. The average molecular weight is 220 g/mol. The highest BCUT2D eigenvalue weighted by atomic mass is 32.2. The molecule has 78 valence electrons. The summed E-state index contributed by atoms with van der Waals surface area (Å²) in [6.07, 6.45) is 3.23. The fraction of sp³-hybridized carbons (Fsp3) is 0.182. The lowest BCUT2D eigenvalue weighted by Gasteiger charge is -2.01. The SMILES string of the molecule is CNCc1ccc(Sc2ncco2)cc1. The van der Waals surface area contributed by atoms with E-state index >= 15 is 0 Å². The van der Waals surface area contributed by atoms with Gasteiger partial charge in [-0.1, -0.05) is 12.1 Å². The van der Waals surface area contributed by atoms with E-state index in [1.807, 2.05) is 7.05 Å². The van der Waals surface area contributed by atoms with Crippen LogP contribution in [0.5, 0.6) is 0 Å². The molecule has 15 heavy (non-hydrogen) atoms. The van der Waals surface area contributed by atoms with Crippen LogP contribution in [0.15, 0.2) is 51.3 Å². The van der Waals surface area contributed by atoms with Crippen LogP contribution in [0.1, 0.15) is 5.56 Å². The van der Waals surface area contributed by atoms with Gasteiger partial charge >= 0.3 is 0 Å². The molecule has 2 aromatic rings. The summed E-state index contributed by atoms with van der Waals surface area (Å²) in [5.74, 6) is 0. The smallest absolute Gasteiger partial charge is 0.260 e. The molecule has 3 nitrogen and oxygen atoms in total. The number of hydrogen-bond acceptors (Lipinski definition) is 4. The summed E-state index contributed by atoms with van der Waals surface area (Å²) in [6, 6.07) is 8.34. The molecule has 1 aromatic heterocycles. The van der Waals surface area contributed by atoms with Crippen molar-refractivity contribution in [1.29, 1.82) is 0 Å². The van der Waals surface area contributed by atoms with Gasteiger partial charge in [-0.3, -0.25) is 0 Å². The van der Waals surface area contributed by atoms with E-state index in [1.165, 1.54) is 17.3 Å². The fourth-order valence-electron chi connectivity index (χ4n) is 1.24. The Balaban J connectivity index is 2.04. The maximum atomic E-state index is 5.15. The first-order valence-electron chi connectivity index (χ1n) is 4.69. The van der Waals surface area contributed by atoms with Gasteiger partial charge in [-0.15, -0.1) is 0 Å². The van der Waals surface area contributed by atoms with Gasteiger partial charge in [0.15, 0.2) is 0 Å². The Kier molecular flexibility index (Phi) is 3.42. The predicted octanol–water partition coefficient (Wildman–Crippen LogP) is 2.55. The summed E-state index contributed by atoms with van der Waals surface area (Å²) in [6.45, 7) is 0.893. The van der Waals surface area contributed by atoms with E-state index in [-0.39, 0.29) is 0 Å². The monoisotopic (exact) mass is 220 g/mol. The predicted molar refractivity (Wildman–Crippen MR) is 59.8 cm³/mol. The minimum absolute atomic E-state index is 0.677. The quantitative estimate of drug-likeness (QED) is 0.859. The second-order valence-electron chi connectivity index (χ2n) is 3.07. The van der Waals surface area contributed by atoms with Gasteiger partial charge in [0, 0.05) is 11.4 Å². The van der Waals surface area contributed by atoms with E-state index in [4.69, 9.17) is 4.42 Å². The van der Waals surface area contributed by atoms with Crippen molar-refractivity contribution in [3.63, 3.8) is 0 Å². The highest BCUT2D eigenvalue weighted by Gasteiger charge is 2.00. The van der Waals surface area contributed by atoms with E-state index in [2.05, 4.69) is 34.6 Å². The molecule has 0 aliphatic carbocycles. The van der Waals surface area contributed by atoms with Gasteiger partial charge in [-0.05, 0) is 36.5 Å². The van der Waals surface area contributed by atoms with Crippen LogP contribution in [0.3, 0.4) is 0 Å². The lowest BCUT2D eigenvalue weighted by molar-refractivity contribution is 0.454. The molecule has 0 saturated carbocycles. The third kappa shape index (κ3) is 2.84. The molecule has 1 aromatic carbocycles. The third-order valence-electron chi connectivity index (χ3n) is 1.92. The minimum atomic E-state index is 0.677. The lowest BCUT2D eigenvalue weighted by Crippen LogP contribution is -2.04. The van der Waals surface area contributed by atoms with Gasteiger partial charge in [-0.25, -0.2) is 4.98 Å². The fourth-order valence-corrected chi connectivity index (χ4v) is 1.93. The van der Waals surface area contributed by atoms with Crippen LogP contribution in [0.4, 0.5) is 0 Å². The molecule has 0 unspecified atom stereocenters. The maximum absolute atomic E-state index is 5.15. The van der Waals surface area contributed by atoms with Gasteiger partial charge in [0.25, 0.3) is 5.22 Å². The van der Waals surface area contributed by atoms with Crippen molar-refractivity contribution in [2.24, 2.45) is 0 Å². The summed E-state index contributed by atoms with van der Waals surface area (Å²) >= 11 is 1.52. The Hall–Kier alpha value is -1.26. The van der Waals surface area contributed by atoms with Gasteiger partial charge in [0.2, 0.25) is 0 Å². The maximum Gasteiger partial charge on any atom is 0.260 e. The van der Waals surface area contributed by atoms with E-state index in [9.17, 15) is 0 Å².